The van der Waals surface area contributed by atoms with E-state index in [4.69, 9.17) is 0 Å². The Bertz CT molecular complexity index is 273. The molecule has 0 aliphatic carbocycles. The lowest BCUT2D eigenvalue weighted by atomic mass is 10.1. The van der Waals surface area contributed by atoms with Gasteiger partial charge in [-0.15, -0.1) is 0 Å². The minimum atomic E-state index is 0.907. The summed E-state index contributed by atoms with van der Waals surface area (Å²) in [6, 6.07) is 2.04. The summed E-state index contributed by atoms with van der Waals surface area (Å²) in [5.74, 6) is 1.41. The van der Waals surface area contributed by atoms with E-state index in [9.17, 15) is 0 Å². The van der Waals surface area contributed by atoms with Crippen molar-refractivity contribution in [3.05, 3.63) is 31.9 Å². The molecule has 0 fully saturated rings. The van der Waals surface area contributed by atoms with E-state index in [1.54, 1.807) is 0 Å². The highest BCUT2D eigenvalue weighted by atomic mass is 127. The predicted molar refractivity (Wildman–Crippen MR) is 62.9 cm³/mol. The van der Waals surface area contributed by atoms with Crippen molar-refractivity contribution in [1.82, 2.24) is 4.98 Å². The third-order valence-electron chi connectivity index (χ3n) is 1.44. The monoisotopic (exact) mass is 338 g/mol. The van der Waals surface area contributed by atoms with E-state index in [-0.39, 0.29) is 0 Å². The van der Waals surface area contributed by atoms with Crippen molar-refractivity contribution in [1.29, 1.82) is 0 Å². The smallest absolute Gasteiger partial charge is 0.107 e. The second-order valence-electron chi connectivity index (χ2n) is 2.98. The van der Waals surface area contributed by atoms with Crippen LogP contribution in [0.25, 0.3) is 0 Å². The Hall–Kier alpha value is 0.360. The van der Waals surface area contributed by atoms with Crippen LogP contribution in [0.5, 0.6) is 0 Å². The molecule has 0 amide bonds. The molecule has 3 heteroatoms. The highest BCUT2D eigenvalue weighted by Gasteiger charge is 2.03. The third-order valence-corrected chi connectivity index (χ3v) is 2.88. The minimum absolute atomic E-state index is 0.907. The van der Waals surface area contributed by atoms with Gasteiger partial charge in [-0.05, 0) is 62.5 Å². The molecule has 1 aromatic heterocycles. The minimum Gasteiger partial charge on any atom is -0.249 e. The van der Waals surface area contributed by atoms with Gasteiger partial charge in [-0.3, -0.25) is 0 Å². The Balaban J connectivity index is 2.86. The fourth-order valence-corrected chi connectivity index (χ4v) is 2.33. The van der Waals surface area contributed by atoms with Gasteiger partial charge < -0.3 is 0 Å². The summed E-state index contributed by atoms with van der Waals surface area (Å²) in [6.45, 7) is 4.27. The Morgan fingerprint density at radius 1 is 1.58 bits per heavy atom. The predicted octanol–water partition coefficient (Wildman–Crippen LogP) is 3.61. The van der Waals surface area contributed by atoms with Crippen LogP contribution >= 0.6 is 38.5 Å². The van der Waals surface area contributed by atoms with Gasteiger partial charge in [0.25, 0.3) is 0 Å². The van der Waals surface area contributed by atoms with E-state index in [0.29, 0.717) is 0 Å². The lowest BCUT2D eigenvalue weighted by Crippen LogP contribution is -1.96. The van der Waals surface area contributed by atoms with Gasteiger partial charge in [-0.2, -0.15) is 0 Å². The van der Waals surface area contributed by atoms with Crippen molar-refractivity contribution >= 4 is 38.5 Å². The first-order valence-corrected chi connectivity index (χ1v) is 5.55. The zero-order valence-corrected chi connectivity index (χ0v) is 10.8. The average Bonchev–Trinajstić information content (AvgIpc) is 1.94. The van der Waals surface area contributed by atoms with E-state index >= 15 is 0 Å². The van der Waals surface area contributed by atoms with Crippen LogP contribution in [0, 0.1) is 9.49 Å². The first-order chi connectivity index (χ1) is 5.59. The van der Waals surface area contributed by atoms with Gasteiger partial charge in [-0.1, -0.05) is 13.8 Å². The number of pyridine rings is 1. The fraction of sp³-hybridized carbons (Fsp3) is 0.333. The van der Waals surface area contributed by atoms with Gasteiger partial charge in [0.2, 0.25) is 0 Å². The molecule has 0 aromatic carbocycles. The van der Waals surface area contributed by atoms with E-state index < -0.39 is 0 Å². The number of nitrogens with zero attached hydrogens (tertiary/aromatic N) is 1. The van der Waals surface area contributed by atoms with Crippen LogP contribution in [0.1, 0.15) is 19.4 Å². The molecule has 1 radical (unpaired) electrons. The molecular weight excluding hydrogens is 329 g/mol. The van der Waals surface area contributed by atoms with Gasteiger partial charge >= 0.3 is 0 Å². The molecule has 0 atom stereocenters. The van der Waals surface area contributed by atoms with E-state index in [1.165, 1.54) is 15.1 Å². The Morgan fingerprint density at radius 2 is 2.25 bits per heavy atom. The molecule has 0 bridgehead atoms. The standard InChI is InChI=1S/C9H10BrIN/c1-6(2)3-7-5-12-9(10)4-8(7)11/h4-5H,3H2,1-2H3. The summed E-state index contributed by atoms with van der Waals surface area (Å²) in [5, 5.41) is 0. The molecule has 1 heterocycles. The molecule has 1 aromatic rings. The van der Waals surface area contributed by atoms with Crippen LogP contribution in [-0.2, 0) is 6.42 Å². The number of halogens is 2. The molecule has 65 valence electrons. The Morgan fingerprint density at radius 3 is 2.75 bits per heavy atom. The van der Waals surface area contributed by atoms with Gasteiger partial charge in [0, 0.05) is 9.77 Å². The number of aromatic nitrogens is 1. The second-order valence-corrected chi connectivity index (χ2v) is 4.96. The molecule has 0 unspecified atom stereocenters. The highest BCUT2D eigenvalue weighted by molar-refractivity contribution is 14.1. The topological polar surface area (TPSA) is 12.9 Å². The largest absolute Gasteiger partial charge is 0.249 e. The van der Waals surface area contributed by atoms with Crippen molar-refractivity contribution in [2.24, 2.45) is 0 Å². The van der Waals surface area contributed by atoms with Crippen molar-refractivity contribution in [3.8, 4) is 0 Å². The maximum absolute atomic E-state index is 4.19. The van der Waals surface area contributed by atoms with Crippen molar-refractivity contribution in [2.75, 3.05) is 0 Å². The molecule has 0 aliphatic heterocycles. The van der Waals surface area contributed by atoms with Gasteiger partial charge in [0.15, 0.2) is 0 Å². The van der Waals surface area contributed by atoms with Crippen LogP contribution in [0.15, 0.2) is 16.9 Å². The van der Waals surface area contributed by atoms with Crippen molar-refractivity contribution < 1.29 is 0 Å². The first-order valence-electron chi connectivity index (χ1n) is 3.68. The summed E-state index contributed by atoms with van der Waals surface area (Å²) >= 11 is 5.68. The molecule has 0 saturated heterocycles. The maximum Gasteiger partial charge on any atom is 0.107 e. The highest BCUT2D eigenvalue weighted by Crippen LogP contribution is 2.19. The van der Waals surface area contributed by atoms with Crippen LogP contribution in [0.2, 0.25) is 0 Å². The molecule has 0 spiro atoms. The van der Waals surface area contributed by atoms with Crippen molar-refractivity contribution in [3.63, 3.8) is 0 Å². The molecule has 0 saturated carbocycles. The van der Waals surface area contributed by atoms with Crippen molar-refractivity contribution in [2.45, 2.75) is 20.3 Å². The van der Waals surface area contributed by atoms with E-state index in [2.05, 4.69) is 57.4 Å². The summed E-state index contributed by atoms with van der Waals surface area (Å²) < 4.78 is 2.18. The van der Waals surface area contributed by atoms with E-state index in [0.717, 1.165) is 11.0 Å². The third kappa shape index (κ3) is 3.01. The van der Waals surface area contributed by atoms with E-state index in [1.807, 2.05) is 12.3 Å². The number of hydrogen-bond donors (Lipinski definition) is 0. The van der Waals surface area contributed by atoms with Crippen LogP contribution in [-0.4, -0.2) is 4.98 Å². The maximum atomic E-state index is 4.19. The molecule has 1 nitrogen and oxygen atoms in total. The van der Waals surface area contributed by atoms with Crippen LogP contribution < -0.4 is 0 Å². The number of rotatable bonds is 2. The molecule has 0 N–H and O–H groups in total. The number of hydrogen-bond acceptors (Lipinski definition) is 1. The zero-order chi connectivity index (χ0) is 9.14. The summed E-state index contributed by atoms with van der Waals surface area (Å²) in [7, 11) is 0. The fourth-order valence-electron chi connectivity index (χ4n) is 0.947. The second kappa shape index (κ2) is 4.56. The summed E-state index contributed by atoms with van der Waals surface area (Å²) in [6.07, 6.45) is 2.96. The van der Waals surface area contributed by atoms with Crippen LogP contribution in [0.3, 0.4) is 0 Å². The van der Waals surface area contributed by atoms with Gasteiger partial charge in [0.05, 0.1) is 0 Å². The first kappa shape index (κ1) is 10.4. The summed E-state index contributed by atoms with van der Waals surface area (Å²) in [4.78, 5) is 4.19. The molecular formula is C9H10BrIN. The quantitative estimate of drug-likeness (QED) is 0.593. The van der Waals surface area contributed by atoms with Gasteiger partial charge in [0.1, 0.15) is 4.60 Å². The van der Waals surface area contributed by atoms with Gasteiger partial charge in [-0.25, -0.2) is 4.98 Å². The normalized spacial score (nSPS) is 10.8. The molecule has 12 heavy (non-hydrogen) atoms. The lowest BCUT2D eigenvalue weighted by molar-refractivity contribution is 0.940. The molecule has 1 rings (SSSR count). The average molecular weight is 339 g/mol. The zero-order valence-electron chi connectivity index (χ0n) is 7.06. The molecule has 0 aliphatic rings. The Kier molecular flexibility index (Phi) is 3.96. The Labute approximate surface area is 95.2 Å². The lowest BCUT2D eigenvalue weighted by Gasteiger charge is -2.06. The summed E-state index contributed by atoms with van der Waals surface area (Å²) in [5.41, 5.74) is 1.30. The SMILES string of the molecule is C[C](C)Cc1cnc(Br)cc1I. The van der Waals surface area contributed by atoms with Crippen LogP contribution in [0.4, 0.5) is 0 Å².